The number of thioether (sulfide) groups is 1. The molecule has 0 saturated heterocycles. The van der Waals surface area contributed by atoms with Gasteiger partial charge in [-0.2, -0.15) is 5.26 Å². The predicted octanol–water partition coefficient (Wildman–Crippen LogP) is 4.94. The standard InChI is InChI=1S/C24H27N5O2S2/c1-15-8-7-10-19(16(15)2)31-13-21-27-28-24(29(21)3)32-14-22(30)26-23-18(12-25)17-9-5-4-6-11-20(17)33-23/h7-8,10H,4-6,9,11,13-14H2,1-3H3,(H,26,30). The van der Waals surface area contributed by atoms with Crippen LogP contribution in [0.3, 0.4) is 0 Å². The number of hydrogen-bond donors (Lipinski definition) is 1. The maximum absolute atomic E-state index is 12.6. The lowest BCUT2D eigenvalue weighted by molar-refractivity contribution is -0.113. The maximum Gasteiger partial charge on any atom is 0.235 e. The number of aromatic nitrogens is 3. The van der Waals surface area contributed by atoms with E-state index in [9.17, 15) is 10.1 Å². The molecular formula is C24H27N5O2S2. The Labute approximate surface area is 202 Å². The molecule has 172 valence electrons. The number of carbonyl (C=O) groups excluding carboxylic acids is 1. The first kappa shape index (κ1) is 23.3. The second-order valence-electron chi connectivity index (χ2n) is 8.16. The van der Waals surface area contributed by atoms with Crippen LogP contribution >= 0.6 is 23.1 Å². The fraction of sp³-hybridized carbons (Fsp3) is 0.417. The average molecular weight is 482 g/mol. The van der Waals surface area contributed by atoms with Crippen molar-refractivity contribution in [3.05, 3.63) is 51.2 Å². The molecule has 2 heterocycles. The molecule has 0 unspecified atom stereocenters. The van der Waals surface area contributed by atoms with Crippen molar-refractivity contribution in [2.75, 3.05) is 11.1 Å². The topological polar surface area (TPSA) is 92.8 Å². The monoisotopic (exact) mass is 481 g/mol. The number of fused-ring (bicyclic) bond motifs is 1. The van der Waals surface area contributed by atoms with Crippen molar-refractivity contribution < 1.29 is 9.53 Å². The van der Waals surface area contributed by atoms with Crippen molar-refractivity contribution in [1.29, 1.82) is 5.26 Å². The van der Waals surface area contributed by atoms with Crippen molar-refractivity contribution in [3.63, 3.8) is 0 Å². The Morgan fingerprint density at radius 2 is 2.09 bits per heavy atom. The highest BCUT2D eigenvalue weighted by Gasteiger charge is 2.21. The molecule has 0 radical (unpaired) electrons. The van der Waals surface area contributed by atoms with Crippen LogP contribution in [0.15, 0.2) is 23.4 Å². The van der Waals surface area contributed by atoms with Gasteiger partial charge in [0, 0.05) is 11.9 Å². The van der Waals surface area contributed by atoms with Gasteiger partial charge in [0.25, 0.3) is 0 Å². The second-order valence-corrected chi connectivity index (χ2v) is 10.2. The average Bonchev–Trinajstić information content (AvgIpc) is 3.22. The van der Waals surface area contributed by atoms with Gasteiger partial charge in [-0.15, -0.1) is 21.5 Å². The van der Waals surface area contributed by atoms with E-state index in [0.29, 0.717) is 28.2 Å². The first-order valence-corrected chi connectivity index (χ1v) is 12.8. The molecule has 0 fully saturated rings. The van der Waals surface area contributed by atoms with Crippen molar-refractivity contribution in [2.45, 2.75) is 57.7 Å². The highest BCUT2D eigenvalue weighted by atomic mass is 32.2. The molecule has 0 atom stereocenters. The zero-order chi connectivity index (χ0) is 23.4. The zero-order valence-corrected chi connectivity index (χ0v) is 20.7. The van der Waals surface area contributed by atoms with Crippen molar-refractivity contribution in [2.24, 2.45) is 7.05 Å². The fourth-order valence-corrected chi connectivity index (χ4v) is 5.85. The van der Waals surface area contributed by atoms with Gasteiger partial charge in [-0.1, -0.05) is 30.3 Å². The minimum atomic E-state index is -0.149. The fourth-order valence-electron chi connectivity index (χ4n) is 3.86. The molecule has 1 amide bonds. The molecule has 2 aromatic heterocycles. The third-order valence-electron chi connectivity index (χ3n) is 5.96. The number of thiophene rings is 1. The van der Waals surface area contributed by atoms with E-state index < -0.39 is 0 Å². The molecule has 7 nitrogen and oxygen atoms in total. The Balaban J connectivity index is 1.35. The summed E-state index contributed by atoms with van der Waals surface area (Å²) in [5.74, 6) is 1.56. The van der Waals surface area contributed by atoms with E-state index in [1.165, 1.54) is 28.6 Å². The van der Waals surface area contributed by atoms with Gasteiger partial charge in [0.15, 0.2) is 11.0 Å². The number of ether oxygens (including phenoxy) is 1. The Hall–Kier alpha value is -2.83. The van der Waals surface area contributed by atoms with Crippen LogP contribution < -0.4 is 10.1 Å². The van der Waals surface area contributed by atoms with E-state index in [2.05, 4.69) is 34.6 Å². The molecule has 4 rings (SSSR count). The predicted molar refractivity (Wildman–Crippen MR) is 131 cm³/mol. The summed E-state index contributed by atoms with van der Waals surface area (Å²) in [6.07, 6.45) is 5.35. The van der Waals surface area contributed by atoms with Gasteiger partial charge in [-0.25, -0.2) is 0 Å². The molecular weight excluding hydrogens is 454 g/mol. The Morgan fingerprint density at radius 3 is 2.91 bits per heavy atom. The van der Waals surface area contributed by atoms with Crippen molar-refractivity contribution in [3.8, 4) is 11.8 Å². The summed E-state index contributed by atoms with van der Waals surface area (Å²) in [4.78, 5) is 13.9. The first-order chi connectivity index (χ1) is 16.0. The summed E-state index contributed by atoms with van der Waals surface area (Å²) in [6.45, 7) is 4.38. The third-order valence-corrected chi connectivity index (χ3v) is 8.18. The lowest BCUT2D eigenvalue weighted by Gasteiger charge is -2.10. The molecule has 1 aliphatic carbocycles. The number of nitriles is 1. The molecule has 0 bridgehead atoms. The van der Waals surface area contributed by atoms with Crippen LogP contribution in [0, 0.1) is 25.2 Å². The largest absolute Gasteiger partial charge is 0.485 e. The lowest BCUT2D eigenvalue weighted by atomic mass is 10.1. The number of aryl methyl sites for hydroxylation is 2. The molecule has 1 aliphatic rings. The van der Waals surface area contributed by atoms with E-state index in [1.807, 2.05) is 30.7 Å². The first-order valence-electron chi connectivity index (χ1n) is 11.0. The van der Waals surface area contributed by atoms with Crippen LogP contribution in [0.4, 0.5) is 5.00 Å². The molecule has 1 aromatic carbocycles. The van der Waals surface area contributed by atoms with E-state index in [1.54, 1.807) is 11.3 Å². The van der Waals surface area contributed by atoms with Gasteiger partial charge < -0.3 is 14.6 Å². The highest BCUT2D eigenvalue weighted by Crippen LogP contribution is 2.37. The van der Waals surface area contributed by atoms with Gasteiger partial charge in [0.1, 0.15) is 23.4 Å². The zero-order valence-electron chi connectivity index (χ0n) is 19.1. The van der Waals surface area contributed by atoms with Crippen LogP contribution in [-0.4, -0.2) is 26.4 Å². The number of nitrogens with one attached hydrogen (secondary N) is 1. The molecule has 1 N–H and O–H groups in total. The smallest absolute Gasteiger partial charge is 0.235 e. The minimum Gasteiger partial charge on any atom is -0.485 e. The maximum atomic E-state index is 12.6. The molecule has 0 spiro atoms. The number of hydrogen-bond acceptors (Lipinski definition) is 7. The van der Waals surface area contributed by atoms with Crippen LogP contribution in [0.25, 0.3) is 0 Å². The van der Waals surface area contributed by atoms with Crippen molar-refractivity contribution >= 4 is 34.0 Å². The van der Waals surface area contributed by atoms with Gasteiger partial charge in [-0.05, 0) is 62.3 Å². The Kier molecular flexibility index (Phi) is 7.36. The van der Waals surface area contributed by atoms with E-state index in [-0.39, 0.29) is 11.7 Å². The van der Waals surface area contributed by atoms with Gasteiger partial charge in [-0.3, -0.25) is 4.79 Å². The summed E-state index contributed by atoms with van der Waals surface area (Å²) >= 11 is 2.87. The van der Waals surface area contributed by atoms with Gasteiger partial charge in [0.2, 0.25) is 5.91 Å². The Morgan fingerprint density at radius 1 is 1.27 bits per heavy atom. The summed E-state index contributed by atoms with van der Waals surface area (Å²) in [5, 5.41) is 22.3. The number of rotatable bonds is 7. The van der Waals surface area contributed by atoms with Crippen LogP contribution in [0.1, 0.15) is 52.2 Å². The minimum absolute atomic E-state index is 0.149. The normalized spacial score (nSPS) is 13.2. The van der Waals surface area contributed by atoms with Crippen LogP contribution in [0.5, 0.6) is 5.75 Å². The highest BCUT2D eigenvalue weighted by molar-refractivity contribution is 7.99. The molecule has 0 aliphatic heterocycles. The van der Waals surface area contributed by atoms with Gasteiger partial charge in [0.05, 0.1) is 11.3 Å². The lowest BCUT2D eigenvalue weighted by Crippen LogP contribution is -2.14. The number of benzene rings is 1. The number of nitrogens with zero attached hydrogens (tertiary/aromatic N) is 4. The van der Waals surface area contributed by atoms with Crippen molar-refractivity contribution in [1.82, 2.24) is 14.8 Å². The van der Waals surface area contributed by atoms with Crippen LogP contribution in [0.2, 0.25) is 0 Å². The number of anilines is 1. The van der Waals surface area contributed by atoms with E-state index in [0.717, 1.165) is 42.6 Å². The molecule has 0 saturated carbocycles. The number of amides is 1. The summed E-state index contributed by atoms with van der Waals surface area (Å²) in [5.41, 5.74) is 4.05. The molecule has 33 heavy (non-hydrogen) atoms. The van der Waals surface area contributed by atoms with E-state index >= 15 is 0 Å². The molecule has 3 aromatic rings. The van der Waals surface area contributed by atoms with E-state index in [4.69, 9.17) is 4.74 Å². The third kappa shape index (κ3) is 5.23. The van der Waals surface area contributed by atoms with Crippen LogP contribution in [-0.2, 0) is 31.3 Å². The molecule has 9 heteroatoms. The quantitative estimate of drug-likeness (QED) is 0.379. The Bertz CT molecular complexity index is 1210. The second kappa shape index (κ2) is 10.4. The summed E-state index contributed by atoms with van der Waals surface area (Å²) in [6, 6.07) is 8.27. The SMILES string of the molecule is Cc1cccc(OCc2nnc(SCC(=O)Nc3sc4c(c3C#N)CCCCC4)n2C)c1C. The number of carbonyl (C=O) groups is 1. The van der Waals surface area contributed by atoms with Gasteiger partial charge >= 0.3 is 0 Å². The summed E-state index contributed by atoms with van der Waals surface area (Å²) < 4.78 is 7.78. The summed E-state index contributed by atoms with van der Waals surface area (Å²) in [7, 11) is 1.87.